The van der Waals surface area contributed by atoms with Crippen molar-refractivity contribution in [3.63, 3.8) is 0 Å². The molecule has 0 radical (unpaired) electrons. The summed E-state index contributed by atoms with van der Waals surface area (Å²) >= 11 is 1.91. The largest absolute Gasteiger partial charge is 0.283 e. The van der Waals surface area contributed by atoms with Crippen LogP contribution in [0.2, 0.25) is 0 Å². The highest BCUT2D eigenvalue weighted by molar-refractivity contribution is 8.13. The van der Waals surface area contributed by atoms with Crippen molar-refractivity contribution < 1.29 is 0 Å². The van der Waals surface area contributed by atoms with Gasteiger partial charge in [-0.2, -0.15) is 0 Å². The van der Waals surface area contributed by atoms with E-state index >= 15 is 0 Å². The summed E-state index contributed by atoms with van der Waals surface area (Å²) in [6, 6.07) is 0. The molecule has 74 valence electrons. The molecule has 0 atom stereocenters. The summed E-state index contributed by atoms with van der Waals surface area (Å²) in [5.41, 5.74) is 0. The Morgan fingerprint density at radius 2 is 1.83 bits per heavy atom. The van der Waals surface area contributed by atoms with Gasteiger partial charge in [0.05, 0.1) is 5.04 Å². The van der Waals surface area contributed by atoms with Gasteiger partial charge in [0.25, 0.3) is 0 Å². The normalized spacial score (nSPS) is 14.6. The van der Waals surface area contributed by atoms with Crippen LogP contribution in [0.3, 0.4) is 0 Å². The topological polar surface area (TPSA) is 12.4 Å². The number of aliphatic imine (C=N–C) groups is 1. The van der Waals surface area contributed by atoms with Crippen LogP contribution in [0.4, 0.5) is 0 Å². The van der Waals surface area contributed by atoms with Gasteiger partial charge in [0.15, 0.2) is 0 Å². The average molecular weight is 189 g/mol. The van der Waals surface area contributed by atoms with Crippen LogP contribution in [0.15, 0.2) is 4.99 Å². The average Bonchev–Trinajstić information content (AvgIpc) is 2.25. The SMILES string of the molecule is CC.CC.CCC1=NCCCS1. The Labute approximate surface area is 82.0 Å². The van der Waals surface area contributed by atoms with Gasteiger partial charge < -0.3 is 0 Å². The Hall–Kier alpha value is 0.0200. The maximum atomic E-state index is 4.33. The molecule has 0 aliphatic carbocycles. The number of hydrogen-bond acceptors (Lipinski definition) is 2. The first kappa shape index (κ1) is 14.5. The summed E-state index contributed by atoms with van der Waals surface area (Å²) in [7, 11) is 0. The van der Waals surface area contributed by atoms with Crippen molar-refractivity contribution in [3.05, 3.63) is 0 Å². The molecule has 0 N–H and O–H groups in total. The van der Waals surface area contributed by atoms with Crippen LogP contribution in [-0.2, 0) is 0 Å². The molecule has 0 spiro atoms. The van der Waals surface area contributed by atoms with Gasteiger partial charge in [0.2, 0.25) is 0 Å². The monoisotopic (exact) mass is 189 g/mol. The van der Waals surface area contributed by atoms with Gasteiger partial charge in [-0.1, -0.05) is 34.6 Å². The minimum absolute atomic E-state index is 1.07. The van der Waals surface area contributed by atoms with Gasteiger partial charge in [-0.3, -0.25) is 4.99 Å². The first-order chi connectivity index (χ1) is 5.93. The van der Waals surface area contributed by atoms with Crippen LogP contribution >= 0.6 is 11.8 Å². The van der Waals surface area contributed by atoms with E-state index in [2.05, 4.69) is 11.9 Å². The highest BCUT2D eigenvalue weighted by atomic mass is 32.2. The van der Waals surface area contributed by atoms with Gasteiger partial charge in [-0.15, -0.1) is 11.8 Å². The molecule has 1 heterocycles. The van der Waals surface area contributed by atoms with Crippen LogP contribution < -0.4 is 0 Å². The van der Waals surface area contributed by atoms with Crippen molar-refractivity contribution >= 4 is 16.8 Å². The summed E-state index contributed by atoms with van der Waals surface area (Å²) < 4.78 is 0. The molecule has 0 saturated heterocycles. The second-order valence-electron chi connectivity index (χ2n) is 1.83. The fraction of sp³-hybridized carbons (Fsp3) is 0.900. The third kappa shape index (κ3) is 8.12. The van der Waals surface area contributed by atoms with Crippen molar-refractivity contribution in [1.29, 1.82) is 0 Å². The van der Waals surface area contributed by atoms with Crippen molar-refractivity contribution in [2.24, 2.45) is 4.99 Å². The lowest BCUT2D eigenvalue weighted by Crippen LogP contribution is -2.01. The molecule has 1 aliphatic rings. The number of nitrogens with zero attached hydrogens (tertiary/aromatic N) is 1. The van der Waals surface area contributed by atoms with Crippen molar-refractivity contribution in [1.82, 2.24) is 0 Å². The fourth-order valence-electron chi connectivity index (χ4n) is 0.718. The van der Waals surface area contributed by atoms with E-state index in [1.54, 1.807) is 0 Å². The van der Waals surface area contributed by atoms with E-state index < -0.39 is 0 Å². The van der Waals surface area contributed by atoms with E-state index in [4.69, 9.17) is 0 Å². The molecule has 0 aromatic heterocycles. The standard InChI is InChI=1S/C6H11NS.2C2H6/c1-2-6-7-4-3-5-8-6;2*1-2/h2-5H2,1H3;2*1-2H3. The molecule has 12 heavy (non-hydrogen) atoms. The van der Waals surface area contributed by atoms with Crippen LogP contribution in [0.1, 0.15) is 47.5 Å². The first-order valence-corrected chi connectivity index (χ1v) is 6.08. The van der Waals surface area contributed by atoms with Gasteiger partial charge >= 0.3 is 0 Å². The molecule has 2 heteroatoms. The number of rotatable bonds is 1. The maximum Gasteiger partial charge on any atom is 0.0673 e. The lowest BCUT2D eigenvalue weighted by molar-refractivity contribution is 0.932. The molecule has 1 rings (SSSR count). The van der Waals surface area contributed by atoms with Gasteiger partial charge in [-0.05, 0) is 12.8 Å². The lowest BCUT2D eigenvalue weighted by Gasteiger charge is -2.07. The van der Waals surface area contributed by atoms with E-state index in [9.17, 15) is 0 Å². The third-order valence-electron chi connectivity index (χ3n) is 1.16. The van der Waals surface area contributed by atoms with E-state index in [0.717, 1.165) is 13.0 Å². The Kier molecular flexibility index (Phi) is 16.5. The Balaban J connectivity index is 0. The Morgan fingerprint density at radius 1 is 1.25 bits per heavy atom. The minimum atomic E-state index is 1.07. The highest BCUT2D eigenvalue weighted by Crippen LogP contribution is 2.13. The summed E-state index contributed by atoms with van der Waals surface area (Å²) in [5, 5.41) is 1.34. The first-order valence-electron chi connectivity index (χ1n) is 5.09. The molecule has 1 nitrogen and oxygen atoms in total. The summed E-state index contributed by atoms with van der Waals surface area (Å²) in [6.45, 7) is 11.2. The summed E-state index contributed by atoms with van der Waals surface area (Å²) in [5.74, 6) is 1.28. The number of hydrogen-bond donors (Lipinski definition) is 0. The van der Waals surface area contributed by atoms with Gasteiger partial charge in [0, 0.05) is 12.3 Å². The molecule has 0 unspecified atom stereocenters. The van der Waals surface area contributed by atoms with Crippen LogP contribution in [0.25, 0.3) is 0 Å². The molecular weight excluding hydrogens is 166 g/mol. The second-order valence-corrected chi connectivity index (χ2v) is 3.00. The third-order valence-corrected chi connectivity index (χ3v) is 2.41. The quantitative estimate of drug-likeness (QED) is 0.607. The molecule has 0 fully saturated rings. The zero-order valence-corrected chi connectivity index (χ0v) is 10.0. The molecule has 0 bridgehead atoms. The zero-order chi connectivity index (χ0) is 9.82. The van der Waals surface area contributed by atoms with Crippen LogP contribution in [0.5, 0.6) is 0 Å². The van der Waals surface area contributed by atoms with Crippen LogP contribution in [-0.4, -0.2) is 17.3 Å². The summed E-state index contributed by atoms with van der Waals surface area (Å²) in [6.07, 6.45) is 2.40. The predicted molar refractivity (Wildman–Crippen MR) is 62.4 cm³/mol. The number of thioether (sulfide) groups is 1. The van der Waals surface area contributed by atoms with Gasteiger partial charge in [0.1, 0.15) is 0 Å². The Morgan fingerprint density at radius 3 is 2.08 bits per heavy atom. The van der Waals surface area contributed by atoms with Crippen molar-refractivity contribution in [2.75, 3.05) is 12.3 Å². The zero-order valence-electron chi connectivity index (χ0n) is 9.18. The van der Waals surface area contributed by atoms with E-state index in [1.807, 2.05) is 39.5 Å². The van der Waals surface area contributed by atoms with Crippen LogP contribution in [0, 0.1) is 0 Å². The molecule has 0 saturated carbocycles. The molecule has 1 aliphatic heterocycles. The van der Waals surface area contributed by atoms with E-state index in [1.165, 1.54) is 17.2 Å². The summed E-state index contributed by atoms with van der Waals surface area (Å²) in [4.78, 5) is 4.33. The van der Waals surface area contributed by atoms with E-state index in [-0.39, 0.29) is 0 Å². The second kappa shape index (κ2) is 13.6. The molecule has 0 aromatic rings. The Bertz CT molecular complexity index is 100. The molecule has 0 amide bonds. The van der Waals surface area contributed by atoms with Crippen molar-refractivity contribution in [2.45, 2.75) is 47.5 Å². The predicted octanol–water partition coefficient (Wildman–Crippen LogP) is 3.98. The van der Waals surface area contributed by atoms with Gasteiger partial charge in [-0.25, -0.2) is 0 Å². The molecule has 0 aromatic carbocycles. The molecular formula is C10H23NS. The van der Waals surface area contributed by atoms with Crippen molar-refractivity contribution in [3.8, 4) is 0 Å². The lowest BCUT2D eigenvalue weighted by atomic mass is 10.4. The smallest absolute Gasteiger partial charge is 0.0673 e. The minimum Gasteiger partial charge on any atom is -0.283 e. The fourth-order valence-corrected chi connectivity index (χ4v) is 1.61. The van der Waals surface area contributed by atoms with E-state index in [0.29, 0.717) is 0 Å². The highest BCUT2D eigenvalue weighted by Gasteiger charge is 2.00. The maximum absolute atomic E-state index is 4.33.